The Morgan fingerprint density at radius 2 is 1.62 bits per heavy atom. The Labute approximate surface area is 178 Å². The standard InChI is InChI=1S/C21H25N3O3S.ClH/c25-21-15-22-12-14-24(21)19-7-4-13-23(16-19)28(26,27)20-10-8-18(9-11-20)17-5-2-1-3-6-17;/h1-3,5-6,8-11,19,22H,4,7,12-16H2;1H. The molecule has 2 fully saturated rings. The summed E-state index contributed by atoms with van der Waals surface area (Å²) in [5, 5.41) is 3.07. The molecule has 0 radical (unpaired) electrons. The Kier molecular flexibility index (Phi) is 6.95. The maximum atomic E-state index is 13.2. The highest BCUT2D eigenvalue weighted by molar-refractivity contribution is 7.89. The van der Waals surface area contributed by atoms with E-state index >= 15 is 0 Å². The minimum Gasteiger partial charge on any atom is -0.336 e. The second kappa shape index (κ2) is 9.26. The van der Waals surface area contributed by atoms with Gasteiger partial charge in [0.15, 0.2) is 0 Å². The van der Waals surface area contributed by atoms with Crippen molar-refractivity contribution in [1.82, 2.24) is 14.5 Å². The molecule has 0 bridgehead atoms. The molecular weight excluding hydrogens is 410 g/mol. The van der Waals surface area contributed by atoms with Crippen LogP contribution in [0.1, 0.15) is 12.8 Å². The smallest absolute Gasteiger partial charge is 0.243 e. The van der Waals surface area contributed by atoms with E-state index in [1.54, 1.807) is 12.1 Å². The summed E-state index contributed by atoms with van der Waals surface area (Å²) in [5.41, 5.74) is 2.05. The van der Waals surface area contributed by atoms with E-state index in [1.807, 2.05) is 47.4 Å². The summed E-state index contributed by atoms with van der Waals surface area (Å²) in [6, 6.07) is 16.9. The second-order valence-corrected chi connectivity index (χ2v) is 9.25. The number of carbonyl (C=O) groups is 1. The summed E-state index contributed by atoms with van der Waals surface area (Å²) < 4.78 is 27.8. The third-order valence-electron chi connectivity index (χ3n) is 5.53. The summed E-state index contributed by atoms with van der Waals surface area (Å²) in [7, 11) is -3.57. The van der Waals surface area contributed by atoms with Crippen LogP contribution in [0, 0.1) is 0 Å². The lowest BCUT2D eigenvalue weighted by molar-refractivity contribution is -0.135. The highest BCUT2D eigenvalue weighted by Gasteiger charge is 2.35. The van der Waals surface area contributed by atoms with Gasteiger partial charge in [-0.25, -0.2) is 8.42 Å². The van der Waals surface area contributed by atoms with Gasteiger partial charge in [-0.15, -0.1) is 12.4 Å². The number of sulfonamides is 1. The molecule has 0 spiro atoms. The van der Waals surface area contributed by atoms with Crippen molar-refractivity contribution in [3.8, 4) is 11.1 Å². The van der Waals surface area contributed by atoms with Crippen LogP contribution >= 0.6 is 12.4 Å². The third-order valence-corrected chi connectivity index (χ3v) is 7.40. The van der Waals surface area contributed by atoms with Gasteiger partial charge in [0.2, 0.25) is 15.9 Å². The first-order valence-electron chi connectivity index (χ1n) is 9.71. The van der Waals surface area contributed by atoms with Gasteiger partial charge in [-0.1, -0.05) is 42.5 Å². The largest absolute Gasteiger partial charge is 0.336 e. The third kappa shape index (κ3) is 4.64. The van der Waals surface area contributed by atoms with Gasteiger partial charge in [0.1, 0.15) is 0 Å². The maximum Gasteiger partial charge on any atom is 0.243 e. The predicted molar refractivity (Wildman–Crippen MR) is 115 cm³/mol. The normalized spacial score (nSPS) is 20.9. The van der Waals surface area contributed by atoms with E-state index in [-0.39, 0.29) is 24.4 Å². The molecule has 2 aliphatic heterocycles. The van der Waals surface area contributed by atoms with Crippen LogP contribution in [0.25, 0.3) is 11.1 Å². The molecular formula is C21H26ClN3O3S. The minimum atomic E-state index is -3.57. The van der Waals surface area contributed by atoms with E-state index in [0.29, 0.717) is 31.1 Å². The van der Waals surface area contributed by atoms with Crippen molar-refractivity contribution < 1.29 is 13.2 Å². The molecule has 156 valence electrons. The number of piperazine rings is 1. The average Bonchev–Trinajstić information content (AvgIpc) is 2.75. The first kappa shape index (κ1) is 21.8. The lowest BCUT2D eigenvalue weighted by atomic mass is 10.1. The molecule has 1 amide bonds. The molecule has 0 aromatic heterocycles. The van der Waals surface area contributed by atoms with Crippen LogP contribution in [0.3, 0.4) is 0 Å². The quantitative estimate of drug-likeness (QED) is 0.800. The highest BCUT2D eigenvalue weighted by atomic mass is 35.5. The minimum absolute atomic E-state index is 0. The van der Waals surface area contributed by atoms with E-state index in [4.69, 9.17) is 0 Å². The van der Waals surface area contributed by atoms with Crippen molar-refractivity contribution in [1.29, 1.82) is 0 Å². The van der Waals surface area contributed by atoms with Crippen LogP contribution in [0.4, 0.5) is 0 Å². The van der Waals surface area contributed by atoms with Crippen molar-refractivity contribution in [2.45, 2.75) is 23.8 Å². The first-order chi connectivity index (χ1) is 13.6. The van der Waals surface area contributed by atoms with Gasteiger partial charge in [0, 0.05) is 32.2 Å². The number of nitrogens with one attached hydrogen (secondary N) is 1. The number of halogens is 1. The fourth-order valence-electron chi connectivity index (χ4n) is 4.00. The Morgan fingerprint density at radius 1 is 0.931 bits per heavy atom. The summed E-state index contributed by atoms with van der Waals surface area (Å²) in [6.07, 6.45) is 1.62. The Balaban J connectivity index is 0.00000240. The molecule has 2 aliphatic rings. The predicted octanol–water partition coefficient (Wildman–Crippen LogP) is 2.36. The van der Waals surface area contributed by atoms with Crippen molar-refractivity contribution in [2.24, 2.45) is 0 Å². The molecule has 2 heterocycles. The zero-order valence-corrected chi connectivity index (χ0v) is 17.8. The lowest BCUT2D eigenvalue weighted by Gasteiger charge is -2.40. The fourth-order valence-corrected chi connectivity index (χ4v) is 5.52. The molecule has 1 unspecified atom stereocenters. The molecule has 4 rings (SSSR count). The van der Waals surface area contributed by atoms with Crippen LogP contribution in [0.15, 0.2) is 59.5 Å². The van der Waals surface area contributed by atoms with Gasteiger partial charge in [0.25, 0.3) is 0 Å². The van der Waals surface area contributed by atoms with E-state index in [1.165, 1.54) is 4.31 Å². The van der Waals surface area contributed by atoms with Gasteiger partial charge in [-0.2, -0.15) is 4.31 Å². The van der Waals surface area contributed by atoms with Gasteiger partial charge in [-0.05, 0) is 36.1 Å². The van der Waals surface area contributed by atoms with E-state index in [0.717, 1.165) is 30.5 Å². The molecule has 8 heteroatoms. The summed E-state index contributed by atoms with van der Waals surface area (Å²) >= 11 is 0. The monoisotopic (exact) mass is 435 g/mol. The number of carbonyl (C=O) groups excluding carboxylic acids is 1. The zero-order valence-electron chi connectivity index (χ0n) is 16.2. The van der Waals surface area contributed by atoms with E-state index in [2.05, 4.69) is 5.32 Å². The fraction of sp³-hybridized carbons (Fsp3) is 0.381. The number of hydrogen-bond donors (Lipinski definition) is 1. The zero-order chi connectivity index (χ0) is 19.6. The van der Waals surface area contributed by atoms with Crippen LogP contribution in [0.5, 0.6) is 0 Å². The van der Waals surface area contributed by atoms with Crippen LogP contribution < -0.4 is 5.32 Å². The molecule has 1 atom stereocenters. The number of rotatable bonds is 4. The number of hydrogen-bond acceptors (Lipinski definition) is 4. The molecule has 29 heavy (non-hydrogen) atoms. The van der Waals surface area contributed by atoms with Crippen LogP contribution in [-0.4, -0.2) is 62.3 Å². The molecule has 2 aromatic carbocycles. The van der Waals surface area contributed by atoms with E-state index < -0.39 is 10.0 Å². The highest BCUT2D eigenvalue weighted by Crippen LogP contribution is 2.26. The van der Waals surface area contributed by atoms with Gasteiger partial charge >= 0.3 is 0 Å². The first-order valence-corrected chi connectivity index (χ1v) is 11.2. The number of amides is 1. The van der Waals surface area contributed by atoms with Crippen molar-refractivity contribution in [2.75, 3.05) is 32.7 Å². The summed E-state index contributed by atoms with van der Waals surface area (Å²) in [6.45, 7) is 2.61. The number of nitrogens with zero attached hydrogens (tertiary/aromatic N) is 2. The molecule has 0 saturated carbocycles. The SMILES string of the molecule is Cl.O=C1CNCCN1C1CCCN(S(=O)(=O)c2ccc(-c3ccccc3)cc2)C1. The van der Waals surface area contributed by atoms with Crippen LogP contribution in [-0.2, 0) is 14.8 Å². The summed E-state index contributed by atoms with van der Waals surface area (Å²) in [5.74, 6) is 0.0581. The van der Waals surface area contributed by atoms with E-state index in [9.17, 15) is 13.2 Å². The van der Waals surface area contributed by atoms with Gasteiger partial charge in [-0.3, -0.25) is 4.79 Å². The molecule has 6 nitrogen and oxygen atoms in total. The Hall–Kier alpha value is -1.93. The molecule has 2 saturated heterocycles. The topological polar surface area (TPSA) is 69.7 Å². The maximum absolute atomic E-state index is 13.2. The molecule has 1 N–H and O–H groups in total. The summed E-state index contributed by atoms with van der Waals surface area (Å²) in [4.78, 5) is 14.3. The molecule has 2 aromatic rings. The Morgan fingerprint density at radius 3 is 2.31 bits per heavy atom. The van der Waals surface area contributed by atoms with Gasteiger partial charge < -0.3 is 10.2 Å². The Bertz CT molecular complexity index is 935. The molecule has 0 aliphatic carbocycles. The van der Waals surface area contributed by atoms with Crippen molar-refractivity contribution in [3.63, 3.8) is 0 Å². The van der Waals surface area contributed by atoms with Gasteiger partial charge in [0.05, 0.1) is 11.4 Å². The van der Waals surface area contributed by atoms with Crippen molar-refractivity contribution in [3.05, 3.63) is 54.6 Å². The van der Waals surface area contributed by atoms with Crippen molar-refractivity contribution >= 4 is 28.3 Å². The number of benzene rings is 2. The average molecular weight is 436 g/mol. The van der Waals surface area contributed by atoms with Crippen LogP contribution in [0.2, 0.25) is 0 Å². The lowest BCUT2D eigenvalue weighted by Crippen LogP contribution is -2.57. The number of piperidine rings is 1. The second-order valence-electron chi connectivity index (χ2n) is 7.31.